The molecule has 5 nitrogen and oxygen atoms in total. The van der Waals surface area contributed by atoms with Crippen molar-refractivity contribution in [3.05, 3.63) is 35.4 Å². The first-order valence-corrected chi connectivity index (χ1v) is 5.49. The first-order chi connectivity index (χ1) is 8.45. The first-order valence-electron chi connectivity index (χ1n) is 5.49. The number of hydrogen-bond donors (Lipinski definition) is 2. The Morgan fingerprint density at radius 3 is 2.56 bits per heavy atom. The van der Waals surface area contributed by atoms with Crippen molar-refractivity contribution in [2.24, 2.45) is 0 Å². The van der Waals surface area contributed by atoms with Crippen LogP contribution in [0.15, 0.2) is 24.3 Å². The van der Waals surface area contributed by atoms with Crippen LogP contribution >= 0.6 is 0 Å². The van der Waals surface area contributed by atoms with Gasteiger partial charge in [0, 0.05) is 5.56 Å². The smallest absolute Gasteiger partial charge is 0.308 e. The molecule has 18 heavy (non-hydrogen) atoms. The molecule has 0 fully saturated rings. The van der Waals surface area contributed by atoms with E-state index in [1.54, 1.807) is 18.2 Å². The highest BCUT2D eigenvalue weighted by atomic mass is 16.5. The molecule has 2 atom stereocenters. The number of benzene rings is 1. The third kappa shape index (κ3) is 3.65. The average molecular weight is 252 g/mol. The van der Waals surface area contributed by atoms with Crippen molar-refractivity contribution < 1.29 is 24.5 Å². The molecule has 0 aliphatic rings. The predicted octanol–water partition coefficient (Wildman–Crippen LogP) is 0.847. The molecule has 98 valence electrons. The normalized spacial score (nSPS) is 13.8. The van der Waals surface area contributed by atoms with Crippen molar-refractivity contribution in [2.75, 3.05) is 7.11 Å². The van der Waals surface area contributed by atoms with Gasteiger partial charge in [0.1, 0.15) is 6.10 Å². The molecule has 0 aliphatic heterocycles. The molecule has 0 heterocycles. The summed E-state index contributed by atoms with van der Waals surface area (Å²) in [6.07, 6.45) is -2.80. The van der Waals surface area contributed by atoms with Gasteiger partial charge in [-0.15, -0.1) is 0 Å². The van der Waals surface area contributed by atoms with Crippen LogP contribution < -0.4 is 0 Å². The standard InChI is InChI=1S/C13H16O5/c1-8(14)9-4-3-5-10(6-9)13(17)11(15)7-12(16)18-2/h3-6,11,13,15,17H,7H2,1-2H3. The van der Waals surface area contributed by atoms with Crippen LogP contribution in [0.3, 0.4) is 0 Å². The number of ether oxygens (including phenoxy) is 1. The fourth-order valence-corrected chi connectivity index (χ4v) is 1.53. The molecule has 0 spiro atoms. The number of carbonyl (C=O) groups is 2. The Balaban J connectivity index is 2.82. The number of esters is 1. The monoisotopic (exact) mass is 252 g/mol. The number of carbonyl (C=O) groups excluding carboxylic acids is 2. The SMILES string of the molecule is COC(=O)CC(O)C(O)c1cccc(C(C)=O)c1. The lowest BCUT2D eigenvalue weighted by Crippen LogP contribution is -2.22. The molecule has 0 aliphatic carbocycles. The molecule has 0 saturated heterocycles. The van der Waals surface area contributed by atoms with Gasteiger partial charge in [-0.2, -0.15) is 0 Å². The van der Waals surface area contributed by atoms with E-state index in [9.17, 15) is 19.8 Å². The molecule has 5 heteroatoms. The fraction of sp³-hybridized carbons (Fsp3) is 0.385. The molecule has 0 aromatic heterocycles. The van der Waals surface area contributed by atoms with Crippen molar-refractivity contribution in [2.45, 2.75) is 25.6 Å². The largest absolute Gasteiger partial charge is 0.469 e. The molecule has 0 amide bonds. The van der Waals surface area contributed by atoms with Crippen molar-refractivity contribution in [3.8, 4) is 0 Å². The van der Waals surface area contributed by atoms with E-state index in [0.29, 0.717) is 11.1 Å². The van der Waals surface area contributed by atoms with Crippen LogP contribution in [0, 0.1) is 0 Å². The molecule has 2 N–H and O–H groups in total. The molecular formula is C13H16O5. The van der Waals surface area contributed by atoms with Gasteiger partial charge >= 0.3 is 5.97 Å². The zero-order chi connectivity index (χ0) is 13.7. The Hall–Kier alpha value is -1.72. The van der Waals surface area contributed by atoms with Crippen LogP contribution in [0.1, 0.15) is 35.4 Å². The minimum absolute atomic E-state index is 0.133. The van der Waals surface area contributed by atoms with E-state index in [2.05, 4.69) is 4.74 Å². The van der Waals surface area contributed by atoms with E-state index in [1.807, 2.05) is 0 Å². The Kier molecular flexibility index (Phi) is 5.00. The van der Waals surface area contributed by atoms with E-state index in [0.717, 1.165) is 0 Å². The number of ketones is 1. The van der Waals surface area contributed by atoms with Gasteiger partial charge in [-0.3, -0.25) is 9.59 Å². The van der Waals surface area contributed by atoms with Crippen molar-refractivity contribution >= 4 is 11.8 Å². The molecule has 0 radical (unpaired) electrons. The van der Waals surface area contributed by atoms with Crippen LogP contribution in [0.5, 0.6) is 0 Å². The van der Waals surface area contributed by atoms with Crippen molar-refractivity contribution in [1.82, 2.24) is 0 Å². The van der Waals surface area contributed by atoms with Crippen molar-refractivity contribution in [3.63, 3.8) is 0 Å². The van der Waals surface area contributed by atoms with Gasteiger partial charge in [0.25, 0.3) is 0 Å². The van der Waals surface area contributed by atoms with Gasteiger partial charge in [0.15, 0.2) is 5.78 Å². The molecule has 0 bridgehead atoms. The Morgan fingerprint density at radius 1 is 1.33 bits per heavy atom. The quantitative estimate of drug-likeness (QED) is 0.599. The Bertz CT molecular complexity index is 441. The maximum atomic E-state index is 11.2. The van der Waals surface area contributed by atoms with Gasteiger partial charge in [-0.25, -0.2) is 0 Å². The van der Waals surface area contributed by atoms with E-state index in [4.69, 9.17) is 0 Å². The van der Waals surface area contributed by atoms with E-state index < -0.39 is 18.2 Å². The minimum atomic E-state index is -1.26. The summed E-state index contributed by atoms with van der Waals surface area (Å²) in [6, 6.07) is 6.30. The maximum absolute atomic E-state index is 11.2. The van der Waals surface area contributed by atoms with Crippen LogP contribution in [0.25, 0.3) is 0 Å². The molecule has 1 aromatic rings. The third-order valence-electron chi connectivity index (χ3n) is 2.60. The van der Waals surface area contributed by atoms with E-state index >= 15 is 0 Å². The van der Waals surface area contributed by atoms with Gasteiger partial charge in [0.05, 0.1) is 19.6 Å². The second kappa shape index (κ2) is 6.28. The summed E-state index contributed by atoms with van der Waals surface area (Å²) in [5.41, 5.74) is 0.830. The molecule has 1 aromatic carbocycles. The summed E-state index contributed by atoms with van der Waals surface area (Å²) >= 11 is 0. The van der Waals surface area contributed by atoms with E-state index in [1.165, 1.54) is 20.1 Å². The van der Waals surface area contributed by atoms with Crippen LogP contribution in [-0.2, 0) is 9.53 Å². The number of rotatable bonds is 5. The second-order valence-corrected chi connectivity index (χ2v) is 3.97. The summed E-state index contributed by atoms with van der Waals surface area (Å²) in [4.78, 5) is 22.2. The Labute approximate surface area is 105 Å². The summed E-state index contributed by atoms with van der Waals surface area (Å²) in [6.45, 7) is 1.41. The molecular weight excluding hydrogens is 236 g/mol. The highest BCUT2D eigenvalue weighted by molar-refractivity contribution is 5.94. The average Bonchev–Trinajstić information content (AvgIpc) is 2.37. The number of methoxy groups -OCH3 is 1. The fourth-order valence-electron chi connectivity index (χ4n) is 1.53. The number of aliphatic hydroxyl groups excluding tert-OH is 2. The summed E-state index contributed by atoms with van der Waals surface area (Å²) in [5, 5.41) is 19.5. The van der Waals surface area contributed by atoms with Gasteiger partial charge in [-0.05, 0) is 18.6 Å². The van der Waals surface area contributed by atoms with E-state index in [-0.39, 0.29) is 12.2 Å². The lowest BCUT2D eigenvalue weighted by Gasteiger charge is -2.17. The predicted molar refractivity (Wildman–Crippen MR) is 64.0 cm³/mol. The second-order valence-electron chi connectivity index (χ2n) is 3.97. The van der Waals surface area contributed by atoms with Gasteiger partial charge in [-0.1, -0.05) is 18.2 Å². The highest BCUT2D eigenvalue weighted by Crippen LogP contribution is 2.20. The zero-order valence-electron chi connectivity index (χ0n) is 10.3. The minimum Gasteiger partial charge on any atom is -0.469 e. The van der Waals surface area contributed by atoms with Gasteiger partial charge < -0.3 is 14.9 Å². The number of aliphatic hydroxyl groups is 2. The molecule has 1 rings (SSSR count). The zero-order valence-corrected chi connectivity index (χ0v) is 10.3. The number of hydrogen-bond acceptors (Lipinski definition) is 5. The van der Waals surface area contributed by atoms with Crippen molar-refractivity contribution in [1.29, 1.82) is 0 Å². The lowest BCUT2D eigenvalue weighted by molar-refractivity contribution is -0.144. The van der Waals surface area contributed by atoms with Crippen LogP contribution in [0.4, 0.5) is 0 Å². The Morgan fingerprint density at radius 2 is 2.00 bits per heavy atom. The number of Topliss-reactive ketones (excluding diaryl/α,β-unsaturated/α-hetero) is 1. The van der Waals surface area contributed by atoms with Crippen LogP contribution in [-0.4, -0.2) is 35.2 Å². The molecule has 2 unspecified atom stereocenters. The summed E-state index contributed by atoms with van der Waals surface area (Å²) < 4.78 is 4.40. The summed E-state index contributed by atoms with van der Waals surface area (Å²) in [7, 11) is 1.21. The summed E-state index contributed by atoms with van der Waals surface area (Å²) in [5.74, 6) is -0.740. The molecule has 0 saturated carbocycles. The highest BCUT2D eigenvalue weighted by Gasteiger charge is 2.22. The lowest BCUT2D eigenvalue weighted by atomic mass is 9.99. The first kappa shape index (κ1) is 14.3. The third-order valence-corrected chi connectivity index (χ3v) is 2.60. The topological polar surface area (TPSA) is 83.8 Å². The maximum Gasteiger partial charge on any atom is 0.308 e. The van der Waals surface area contributed by atoms with Crippen LogP contribution in [0.2, 0.25) is 0 Å². The van der Waals surface area contributed by atoms with Gasteiger partial charge in [0.2, 0.25) is 0 Å².